The van der Waals surface area contributed by atoms with Crippen molar-refractivity contribution in [3.8, 4) is 0 Å². The summed E-state index contributed by atoms with van der Waals surface area (Å²) in [7, 11) is 0. The molecule has 2 aromatic heterocycles. The van der Waals surface area contributed by atoms with E-state index in [2.05, 4.69) is 30.9 Å². The largest absolute Gasteiger partial charge is 0.463 e. The molecule has 3 heterocycles. The van der Waals surface area contributed by atoms with E-state index in [9.17, 15) is 19.8 Å². The quantitative estimate of drug-likeness (QED) is 0.364. The van der Waals surface area contributed by atoms with Gasteiger partial charge in [-0.3, -0.25) is 19.1 Å². The second-order valence-electron chi connectivity index (χ2n) is 6.81. The SMILES string of the molecule is Nc1nc2c(ncn2[C@@H]2O[C@H](COC(=O)Cc3ccc(Br)cc3)[C@@H](O)[C@H]2O)c(=O)[nH]1. The first-order valence-electron chi connectivity index (χ1n) is 8.97. The van der Waals surface area contributed by atoms with Crippen LogP contribution in [0.4, 0.5) is 5.95 Å². The minimum absolute atomic E-state index is 0.0128. The number of carbonyl (C=O) groups is 1. The predicted octanol–water partition coefficient (Wildman–Crippen LogP) is -0.131. The smallest absolute Gasteiger partial charge is 0.310 e. The molecule has 1 fully saturated rings. The van der Waals surface area contributed by atoms with E-state index in [0.717, 1.165) is 10.0 Å². The summed E-state index contributed by atoms with van der Waals surface area (Å²) in [5, 5.41) is 20.7. The highest BCUT2D eigenvalue weighted by atomic mass is 79.9. The number of anilines is 1. The number of H-pyrrole nitrogens is 1. The number of halogens is 1. The van der Waals surface area contributed by atoms with E-state index in [1.807, 2.05) is 12.1 Å². The average molecular weight is 480 g/mol. The summed E-state index contributed by atoms with van der Waals surface area (Å²) in [5.41, 5.74) is 5.91. The summed E-state index contributed by atoms with van der Waals surface area (Å²) in [6.07, 6.45) is -3.44. The normalized spacial score (nSPS) is 23.7. The molecule has 4 atom stereocenters. The van der Waals surface area contributed by atoms with Gasteiger partial charge in [-0.15, -0.1) is 0 Å². The van der Waals surface area contributed by atoms with Gasteiger partial charge < -0.3 is 25.4 Å². The first-order chi connectivity index (χ1) is 14.3. The number of nitrogens with two attached hydrogens (primary N) is 1. The van der Waals surface area contributed by atoms with E-state index in [1.165, 1.54) is 10.9 Å². The molecule has 5 N–H and O–H groups in total. The van der Waals surface area contributed by atoms with Gasteiger partial charge in [0, 0.05) is 4.47 Å². The minimum atomic E-state index is -1.36. The number of nitrogens with one attached hydrogen (secondary N) is 1. The van der Waals surface area contributed by atoms with Crippen LogP contribution in [-0.4, -0.2) is 60.6 Å². The van der Waals surface area contributed by atoms with Crippen LogP contribution in [0, 0.1) is 0 Å². The second-order valence-corrected chi connectivity index (χ2v) is 7.72. The molecule has 1 aromatic carbocycles. The summed E-state index contributed by atoms with van der Waals surface area (Å²) in [6.45, 7) is -0.257. The molecular weight excluding hydrogens is 462 g/mol. The number of ether oxygens (including phenoxy) is 2. The van der Waals surface area contributed by atoms with Crippen molar-refractivity contribution in [3.05, 3.63) is 51.0 Å². The van der Waals surface area contributed by atoms with Crippen LogP contribution in [0.5, 0.6) is 0 Å². The Kier molecular flexibility index (Phi) is 5.56. The van der Waals surface area contributed by atoms with Gasteiger partial charge >= 0.3 is 5.97 Å². The molecule has 0 saturated carbocycles. The van der Waals surface area contributed by atoms with Gasteiger partial charge in [-0.25, -0.2) is 4.98 Å². The predicted molar refractivity (Wildman–Crippen MR) is 107 cm³/mol. The lowest BCUT2D eigenvalue weighted by molar-refractivity contribution is -0.149. The molecule has 1 aliphatic rings. The van der Waals surface area contributed by atoms with Crippen molar-refractivity contribution in [3.63, 3.8) is 0 Å². The Labute approximate surface area is 177 Å². The van der Waals surface area contributed by atoms with Crippen molar-refractivity contribution < 1.29 is 24.5 Å². The summed E-state index contributed by atoms with van der Waals surface area (Å²) in [5.74, 6) is -0.624. The number of aromatic amines is 1. The van der Waals surface area contributed by atoms with Crippen LogP contribution in [-0.2, 0) is 20.7 Å². The highest BCUT2D eigenvalue weighted by Gasteiger charge is 2.45. The zero-order chi connectivity index (χ0) is 21.4. The zero-order valence-corrected chi connectivity index (χ0v) is 17.0. The lowest BCUT2D eigenvalue weighted by Gasteiger charge is -2.16. The Bertz CT molecular complexity index is 1130. The van der Waals surface area contributed by atoms with Gasteiger partial charge in [-0.2, -0.15) is 4.98 Å². The van der Waals surface area contributed by atoms with Gasteiger partial charge in [0.1, 0.15) is 24.9 Å². The van der Waals surface area contributed by atoms with Crippen molar-refractivity contribution in [2.24, 2.45) is 0 Å². The fraction of sp³-hybridized carbons (Fsp3) is 0.333. The third kappa shape index (κ3) is 3.94. The number of benzene rings is 1. The maximum absolute atomic E-state index is 12.1. The fourth-order valence-electron chi connectivity index (χ4n) is 3.22. The molecule has 0 unspecified atom stereocenters. The molecule has 30 heavy (non-hydrogen) atoms. The van der Waals surface area contributed by atoms with Crippen molar-refractivity contribution in [2.75, 3.05) is 12.3 Å². The third-order valence-corrected chi connectivity index (χ3v) is 5.26. The highest BCUT2D eigenvalue weighted by molar-refractivity contribution is 9.10. The van der Waals surface area contributed by atoms with Crippen LogP contribution < -0.4 is 11.3 Å². The standard InChI is InChI=1S/C18H18BrN5O6/c19-9-3-1-8(2-4-9)5-11(25)29-6-10-13(26)14(27)17(30-10)24-7-21-12-15(24)22-18(20)23-16(12)28/h1-4,7,10,13-14,17,26-27H,5-6H2,(H3,20,22,23,28)/t10-,13-,14-,17-/m1/s1. The van der Waals surface area contributed by atoms with Gasteiger partial charge in [0.25, 0.3) is 5.56 Å². The van der Waals surface area contributed by atoms with Crippen molar-refractivity contribution in [1.82, 2.24) is 19.5 Å². The number of nitrogen functional groups attached to an aromatic ring is 1. The molecule has 4 rings (SSSR count). The van der Waals surface area contributed by atoms with E-state index in [-0.39, 0.29) is 30.1 Å². The first kappa shape index (κ1) is 20.5. The van der Waals surface area contributed by atoms with Gasteiger partial charge in [-0.1, -0.05) is 28.1 Å². The van der Waals surface area contributed by atoms with Crippen LogP contribution in [0.2, 0.25) is 0 Å². The molecule has 0 amide bonds. The Morgan fingerprint density at radius 3 is 2.77 bits per heavy atom. The molecule has 0 aliphatic carbocycles. The molecule has 1 aliphatic heterocycles. The maximum atomic E-state index is 12.1. The molecule has 3 aromatic rings. The third-order valence-electron chi connectivity index (χ3n) is 4.73. The Morgan fingerprint density at radius 2 is 2.03 bits per heavy atom. The van der Waals surface area contributed by atoms with E-state index < -0.39 is 36.1 Å². The number of aliphatic hydroxyl groups is 2. The number of hydrogen-bond donors (Lipinski definition) is 4. The van der Waals surface area contributed by atoms with Gasteiger partial charge in [0.15, 0.2) is 17.4 Å². The highest BCUT2D eigenvalue weighted by Crippen LogP contribution is 2.31. The Balaban J connectivity index is 1.44. The first-order valence-corrected chi connectivity index (χ1v) is 9.77. The van der Waals surface area contributed by atoms with Gasteiger partial charge in [0.2, 0.25) is 5.95 Å². The molecule has 12 heteroatoms. The van der Waals surface area contributed by atoms with Gasteiger partial charge in [0.05, 0.1) is 12.7 Å². The van der Waals surface area contributed by atoms with Crippen molar-refractivity contribution in [2.45, 2.75) is 31.0 Å². The molecule has 11 nitrogen and oxygen atoms in total. The minimum Gasteiger partial charge on any atom is -0.463 e. The Hall–Kier alpha value is -2.80. The molecule has 0 spiro atoms. The number of aliphatic hydroxyl groups excluding tert-OH is 2. The fourth-order valence-corrected chi connectivity index (χ4v) is 3.49. The van der Waals surface area contributed by atoms with Crippen LogP contribution in [0.3, 0.4) is 0 Å². The number of rotatable bonds is 5. The zero-order valence-electron chi connectivity index (χ0n) is 15.4. The second kappa shape index (κ2) is 8.14. The molecule has 158 valence electrons. The Morgan fingerprint density at radius 1 is 1.30 bits per heavy atom. The van der Waals surface area contributed by atoms with Crippen LogP contribution in [0.1, 0.15) is 11.8 Å². The molecule has 1 saturated heterocycles. The monoisotopic (exact) mass is 479 g/mol. The number of fused-ring (bicyclic) bond motifs is 1. The van der Waals surface area contributed by atoms with E-state index >= 15 is 0 Å². The van der Waals surface area contributed by atoms with Crippen LogP contribution in [0.15, 0.2) is 39.9 Å². The number of imidazole rings is 1. The molecule has 0 bridgehead atoms. The summed E-state index contributed by atoms with van der Waals surface area (Å²) in [4.78, 5) is 34.3. The topological polar surface area (TPSA) is 166 Å². The van der Waals surface area contributed by atoms with E-state index in [4.69, 9.17) is 15.2 Å². The van der Waals surface area contributed by atoms with Gasteiger partial charge in [-0.05, 0) is 17.7 Å². The number of esters is 1. The van der Waals surface area contributed by atoms with Crippen molar-refractivity contribution in [1.29, 1.82) is 0 Å². The number of aromatic nitrogens is 4. The summed E-state index contributed by atoms with van der Waals surface area (Å²) < 4.78 is 13.1. The molecular formula is C18H18BrN5O6. The molecule has 0 radical (unpaired) electrons. The van der Waals surface area contributed by atoms with E-state index in [1.54, 1.807) is 12.1 Å². The average Bonchev–Trinajstić information content (AvgIpc) is 3.24. The number of hydrogen-bond acceptors (Lipinski definition) is 9. The number of carbonyl (C=O) groups excluding carboxylic acids is 1. The lowest BCUT2D eigenvalue weighted by atomic mass is 10.1. The van der Waals surface area contributed by atoms with E-state index in [0.29, 0.717) is 0 Å². The number of nitrogens with zero attached hydrogens (tertiary/aromatic N) is 3. The summed E-state index contributed by atoms with van der Waals surface area (Å²) >= 11 is 3.32. The van der Waals surface area contributed by atoms with Crippen molar-refractivity contribution >= 4 is 39.0 Å². The van der Waals surface area contributed by atoms with Crippen LogP contribution >= 0.6 is 15.9 Å². The lowest BCUT2D eigenvalue weighted by Crippen LogP contribution is -2.34. The van der Waals surface area contributed by atoms with Crippen LogP contribution in [0.25, 0.3) is 11.2 Å². The summed E-state index contributed by atoms with van der Waals surface area (Å²) in [6, 6.07) is 7.20. The maximum Gasteiger partial charge on any atom is 0.310 e.